The van der Waals surface area contributed by atoms with E-state index in [4.69, 9.17) is 9.47 Å². The molecule has 0 saturated carbocycles. The number of benzene rings is 2. The van der Waals surface area contributed by atoms with E-state index in [-0.39, 0.29) is 18.0 Å². The van der Waals surface area contributed by atoms with Gasteiger partial charge in [-0.05, 0) is 119 Å². The van der Waals surface area contributed by atoms with Gasteiger partial charge in [-0.3, -0.25) is 14.7 Å². The number of rotatable bonds is 7. The van der Waals surface area contributed by atoms with Crippen molar-refractivity contribution in [1.82, 2.24) is 4.90 Å². The molecule has 0 unspecified atom stereocenters. The standard InChI is InChI=1S/C24H26BrIN2O3S/c1-14(2)27-24-28(15(3)4)23(29)21(32-24)12-17-10-19(25)22(20(11-17)30-5)31-13-16-6-8-18(26)9-7-16/h6-12,14-15H,13H2,1-5H3/b21-12+,27-24?. The number of nitrogens with zero attached hydrogens (tertiary/aromatic N) is 2. The minimum absolute atomic E-state index is 0.0291. The molecule has 0 bridgehead atoms. The summed E-state index contributed by atoms with van der Waals surface area (Å²) in [6, 6.07) is 12.2. The van der Waals surface area contributed by atoms with E-state index in [9.17, 15) is 4.79 Å². The second-order valence-corrected chi connectivity index (χ2v) is 10.9. The molecule has 170 valence electrons. The zero-order valence-electron chi connectivity index (χ0n) is 18.7. The normalized spacial score (nSPS) is 16.7. The first-order chi connectivity index (χ1) is 15.2. The molecule has 8 heteroatoms. The third kappa shape index (κ3) is 6.08. The molecule has 1 aliphatic rings. The van der Waals surface area contributed by atoms with E-state index >= 15 is 0 Å². The van der Waals surface area contributed by atoms with Gasteiger partial charge >= 0.3 is 0 Å². The summed E-state index contributed by atoms with van der Waals surface area (Å²) in [5.74, 6) is 1.20. The van der Waals surface area contributed by atoms with Gasteiger partial charge in [0.05, 0.1) is 16.5 Å². The Bertz CT molecular complexity index is 1050. The molecule has 0 atom stereocenters. The Balaban J connectivity index is 1.87. The molecule has 32 heavy (non-hydrogen) atoms. The molecule has 0 N–H and O–H groups in total. The Labute approximate surface area is 215 Å². The quantitative estimate of drug-likeness (QED) is 0.252. The molecule has 2 aromatic carbocycles. The Hall–Kier alpha value is -1.52. The summed E-state index contributed by atoms with van der Waals surface area (Å²) in [5, 5.41) is 0.745. The van der Waals surface area contributed by atoms with E-state index in [1.54, 1.807) is 12.0 Å². The molecule has 0 spiro atoms. The SMILES string of the molecule is COc1cc(/C=C2/SC(=NC(C)C)N(C(C)C)C2=O)cc(Br)c1OCc1ccc(I)cc1. The highest BCUT2D eigenvalue weighted by Gasteiger charge is 2.35. The van der Waals surface area contributed by atoms with Crippen molar-refractivity contribution >= 4 is 67.4 Å². The zero-order chi connectivity index (χ0) is 23.4. The summed E-state index contributed by atoms with van der Waals surface area (Å²) >= 11 is 7.30. The average molecular weight is 629 g/mol. The molecule has 1 amide bonds. The third-order valence-corrected chi connectivity index (χ3v) is 6.87. The molecular weight excluding hydrogens is 603 g/mol. The maximum absolute atomic E-state index is 13.0. The summed E-state index contributed by atoms with van der Waals surface area (Å²) in [6.07, 6.45) is 1.88. The molecular formula is C24H26BrIN2O3S. The molecule has 2 aromatic rings. The summed E-state index contributed by atoms with van der Waals surface area (Å²) in [7, 11) is 1.61. The number of hydrogen-bond donors (Lipinski definition) is 0. The molecule has 1 fully saturated rings. The van der Waals surface area contributed by atoms with E-state index < -0.39 is 0 Å². The summed E-state index contributed by atoms with van der Waals surface area (Å²) in [5.41, 5.74) is 1.92. The fraction of sp³-hybridized carbons (Fsp3) is 0.333. The van der Waals surface area contributed by atoms with Crippen LogP contribution in [-0.2, 0) is 11.4 Å². The van der Waals surface area contributed by atoms with Crippen LogP contribution >= 0.6 is 50.3 Å². The van der Waals surface area contributed by atoms with Gasteiger partial charge in [0, 0.05) is 15.7 Å². The highest BCUT2D eigenvalue weighted by molar-refractivity contribution is 14.1. The highest BCUT2D eigenvalue weighted by Crippen LogP contribution is 2.40. The lowest BCUT2D eigenvalue weighted by atomic mass is 10.1. The van der Waals surface area contributed by atoms with Gasteiger partial charge in [0.1, 0.15) is 6.61 Å². The molecule has 1 saturated heterocycles. The van der Waals surface area contributed by atoms with Crippen LogP contribution in [0.5, 0.6) is 11.5 Å². The highest BCUT2D eigenvalue weighted by atomic mass is 127. The van der Waals surface area contributed by atoms with E-state index in [2.05, 4.69) is 43.5 Å². The van der Waals surface area contributed by atoms with Gasteiger partial charge in [-0.1, -0.05) is 12.1 Å². The first kappa shape index (κ1) is 25.1. The lowest BCUT2D eigenvalue weighted by Crippen LogP contribution is -2.35. The first-order valence-electron chi connectivity index (χ1n) is 10.2. The molecule has 1 heterocycles. The Morgan fingerprint density at radius 2 is 1.88 bits per heavy atom. The van der Waals surface area contributed by atoms with Crippen molar-refractivity contribution in [2.75, 3.05) is 7.11 Å². The van der Waals surface area contributed by atoms with Gasteiger partial charge in [-0.15, -0.1) is 0 Å². The Morgan fingerprint density at radius 1 is 1.19 bits per heavy atom. The van der Waals surface area contributed by atoms with Gasteiger partial charge in [-0.25, -0.2) is 0 Å². The van der Waals surface area contributed by atoms with Crippen LogP contribution in [0.25, 0.3) is 6.08 Å². The van der Waals surface area contributed by atoms with Gasteiger partial charge in [-0.2, -0.15) is 0 Å². The number of ether oxygens (including phenoxy) is 2. The van der Waals surface area contributed by atoms with Crippen molar-refractivity contribution in [3.8, 4) is 11.5 Å². The molecule has 5 nitrogen and oxygen atoms in total. The van der Waals surface area contributed by atoms with Gasteiger partial charge < -0.3 is 9.47 Å². The first-order valence-corrected chi connectivity index (χ1v) is 12.9. The Kier molecular flexibility index (Phi) is 8.68. The third-order valence-electron chi connectivity index (χ3n) is 4.57. The number of carbonyl (C=O) groups is 1. The fourth-order valence-electron chi connectivity index (χ4n) is 3.10. The second kappa shape index (κ2) is 11.1. The fourth-order valence-corrected chi connectivity index (χ4v) is 5.27. The number of carbonyl (C=O) groups excluding carboxylic acids is 1. The summed E-state index contributed by atoms with van der Waals surface area (Å²) in [4.78, 5) is 20.0. The number of amides is 1. The van der Waals surface area contributed by atoms with Gasteiger partial charge in [0.15, 0.2) is 16.7 Å². The van der Waals surface area contributed by atoms with E-state index in [0.29, 0.717) is 23.0 Å². The molecule has 3 rings (SSSR count). The van der Waals surface area contributed by atoms with Crippen LogP contribution in [0, 0.1) is 3.57 Å². The van der Waals surface area contributed by atoms with Crippen molar-refractivity contribution in [1.29, 1.82) is 0 Å². The maximum atomic E-state index is 13.0. The van der Waals surface area contributed by atoms with Crippen molar-refractivity contribution in [2.45, 2.75) is 46.4 Å². The smallest absolute Gasteiger partial charge is 0.266 e. The molecule has 0 aliphatic carbocycles. The zero-order valence-corrected chi connectivity index (χ0v) is 23.2. The van der Waals surface area contributed by atoms with E-state index in [1.807, 2.05) is 70.2 Å². The summed E-state index contributed by atoms with van der Waals surface area (Å²) in [6.45, 7) is 8.44. The predicted octanol–water partition coefficient (Wildman–Crippen LogP) is 6.73. The molecule has 0 aromatic heterocycles. The van der Waals surface area contributed by atoms with E-state index in [1.165, 1.54) is 15.3 Å². The molecule has 1 aliphatic heterocycles. The van der Waals surface area contributed by atoms with Gasteiger partial charge in [0.2, 0.25) is 0 Å². The van der Waals surface area contributed by atoms with E-state index in [0.717, 1.165) is 20.8 Å². The largest absolute Gasteiger partial charge is 0.493 e. The topological polar surface area (TPSA) is 51.1 Å². The van der Waals surface area contributed by atoms with Crippen LogP contribution in [0.4, 0.5) is 0 Å². The van der Waals surface area contributed by atoms with Crippen LogP contribution in [-0.4, -0.2) is 35.2 Å². The van der Waals surface area contributed by atoms with Crippen LogP contribution in [0.2, 0.25) is 0 Å². The minimum Gasteiger partial charge on any atom is -0.493 e. The van der Waals surface area contributed by atoms with Gasteiger partial charge in [0.25, 0.3) is 5.91 Å². The van der Waals surface area contributed by atoms with Crippen molar-refractivity contribution < 1.29 is 14.3 Å². The number of amidine groups is 1. The lowest BCUT2D eigenvalue weighted by molar-refractivity contribution is -0.123. The van der Waals surface area contributed by atoms with Crippen molar-refractivity contribution in [3.63, 3.8) is 0 Å². The Morgan fingerprint density at radius 3 is 2.47 bits per heavy atom. The van der Waals surface area contributed by atoms with Crippen molar-refractivity contribution in [3.05, 3.63) is 60.5 Å². The minimum atomic E-state index is -0.0291. The molecule has 0 radical (unpaired) electrons. The van der Waals surface area contributed by atoms with Crippen LogP contribution in [0.1, 0.15) is 38.8 Å². The number of halogens is 2. The average Bonchev–Trinajstić information content (AvgIpc) is 3.02. The number of hydrogen-bond acceptors (Lipinski definition) is 5. The number of thioether (sulfide) groups is 1. The number of methoxy groups -OCH3 is 1. The summed E-state index contributed by atoms with van der Waals surface area (Å²) < 4.78 is 13.6. The van der Waals surface area contributed by atoms with Crippen LogP contribution in [0.3, 0.4) is 0 Å². The lowest BCUT2D eigenvalue weighted by Gasteiger charge is -2.20. The van der Waals surface area contributed by atoms with Crippen LogP contribution in [0.15, 0.2) is 50.8 Å². The predicted molar refractivity (Wildman–Crippen MR) is 144 cm³/mol. The monoisotopic (exact) mass is 628 g/mol. The van der Waals surface area contributed by atoms with Crippen LogP contribution < -0.4 is 9.47 Å². The maximum Gasteiger partial charge on any atom is 0.266 e. The number of aliphatic imine (C=N–C) groups is 1. The van der Waals surface area contributed by atoms with Crippen molar-refractivity contribution in [2.24, 2.45) is 4.99 Å². The second-order valence-electron chi connectivity index (χ2n) is 7.83.